The topological polar surface area (TPSA) is 27.1 Å². The van der Waals surface area contributed by atoms with Gasteiger partial charge in [0.1, 0.15) is 11.6 Å². The van der Waals surface area contributed by atoms with Gasteiger partial charge in [-0.25, -0.2) is 4.98 Å². The van der Waals surface area contributed by atoms with Crippen molar-refractivity contribution in [2.75, 3.05) is 6.61 Å². The summed E-state index contributed by atoms with van der Waals surface area (Å²) in [7, 11) is 1.98. The summed E-state index contributed by atoms with van der Waals surface area (Å²) in [5.41, 5.74) is 1.06. The highest BCUT2D eigenvalue weighted by Crippen LogP contribution is 2.25. The Bertz CT molecular complexity index is 527. The normalized spacial score (nSPS) is 10.6. The molecule has 3 nitrogen and oxygen atoms in total. The molecular formula is C13H14BrClN2O. The van der Waals surface area contributed by atoms with Gasteiger partial charge in [-0.15, -0.1) is 0 Å². The molecule has 0 radical (unpaired) electrons. The molecule has 0 spiro atoms. The quantitative estimate of drug-likeness (QED) is 0.784. The lowest BCUT2D eigenvalue weighted by Crippen LogP contribution is -2.07. The Labute approximate surface area is 120 Å². The number of aryl methyl sites for hydroxylation is 1. The maximum atomic E-state index is 5.94. The van der Waals surface area contributed by atoms with E-state index in [0.717, 1.165) is 33.9 Å². The molecule has 0 N–H and O–H groups in total. The van der Waals surface area contributed by atoms with Crippen LogP contribution in [0.15, 0.2) is 30.6 Å². The molecule has 0 aliphatic heterocycles. The molecule has 0 unspecified atom stereocenters. The van der Waals surface area contributed by atoms with Crippen LogP contribution in [0, 0.1) is 0 Å². The van der Waals surface area contributed by atoms with Gasteiger partial charge in [-0.2, -0.15) is 0 Å². The van der Waals surface area contributed by atoms with E-state index in [4.69, 9.17) is 16.3 Å². The van der Waals surface area contributed by atoms with Gasteiger partial charge < -0.3 is 9.30 Å². The van der Waals surface area contributed by atoms with E-state index >= 15 is 0 Å². The minimum absolute atomic E-state index is 0.604. The number of ether oxygens (including phenoxy) is 1. The maximum absolute atomic E-state index is 5.94. The van der Waals surface area contributed by atoms with Crippen LogP contribution < -0.4 is 4.74 Å². The molecule has 0 saturated heterocycles. The number of aromatic nitrogens is 2. The first kappa shape index (κ1) is 13.4. The predicted molar refractivity (Wildman–Crippen MR) is 76.5 cm³/mol. The van der Waals surface area contributed by atoms with Crippen LogP contribution in [-0.4, -0.2) is 16.2 Å². The number of alkyl halides is 1. The molecule has 1 heterocycles. The SMILES string of the molecule is Cn1ccnc1CCOc1ccc(Cl)cc1CBr. The van der Waals surface area contributed by atoms with E-state index in [2.05, 4.69) is 20.9 Å². The second-order valence-corrected chi connectivity index (χ2v) is 4.94. The average Bonchev–Trinajstić information content (AvgIpc) is 2.77. The van der Waals surface area contributed by atoms with Crippen molar-refractivity contribution in [1.29, 1.82) is 0 Å². The number of hydrogen-bond donors (Lipinski definition) is 0. The van der Waals surface area contributed by atoms with Gasteiger partial charge in [-0.1, -0.05) is 27.5 Å². The largest absolute Gasteiger partial charge is 0.493 e. The van der Waals surface area contributed by atoms with Crippen molar-refractivity contribution in [2.45, 2.75) is 11.8 Å². The molecule has 96 valence electrons. The Hall–Kier alpha value is -1.000. The monoisotopic (exact) mass is 328 g/mol. The molecule has 18 heavy (non-hydrogen) atoms. The highest BCUT2D eigenvalue weighted by atomic mass is 79.9. The standard InChI is InChI=1S/C13H14BrClN2O/c1-17-6-5-16-13(17)4-7-18-12-3-2-11(15)8-10(12)9-14/h2-3,5-6,8H,4,7,9H2,1H3. The van der Waals surface area contributed by atoms with Crippen molar-refractivity contribution in [3.63, 3.8) is 0 Å². The van der Waals surface area contributed by atoms with Gasteiger partial charge in [0.25, 0.3) is 0 Å². The van der Waals surface area contributed by atoms with Gasteiger partial charge in [0.15, 0.2) is 0 Å². The van der Waals surface area contributed by atoms with Crippen molar-refractivity contribution in [1.82, 2.24) is 9.55 Å². The third kappa shape index (κ3) is 3.27. The molecule has 0 amide bonds. The van der Waals surface area contributed by atoms with Gasteiger partial charge >= 0.3 is 0 Å². The van der Waals surface area contributed by atoms with Crippen molar-refractivity contribution >= 4 is 27.5 Å². The third-order valence-corrected chi connectivity index (χ3v) is 3.51. The van der Waals surface area contributed by atoms with Crippen LogP contribution in [0.5, 0.6) is 5.75 Å². The van der Waals surface area contributed by atoms with Crippen molar-refractivity contribution < 1.29 is 4.74 Å². The van der Waals surface area contributed by atoms with Gasteiger partial charge in [0.05, 0.1) is 6.61 Å². The maximum Gasteiger partial charge on any atom is 0.123 e. The highest BCUT2D eigenvalue weighted by Gasteiger charge is 2.05. The van der Waals surface area contributed by atoms with Crippen molar-refractivity contribution in [3.8, 4) is 5.75 Å². The van der Waals surface area contributed by atoms with Crippen LogP contribution in [0.2, 0.25) is 5.02 Å². The van der Waals surface area contributed by atoms with Crippen LogP contribution in [0.4, 0.5) is 0 Å². The minimum Gasteiger partial charge on any atom is -0.493 e. The molecule has 0 aliphatic rings. The number of benzene rings is 1. The molecule has 0 aliphatic carbocycles. The summed E-state index contributed by atoms with van der Waals surface area (Å²) in [6.45, 7) is 0.604. The Morgan fingerprint density at radius 3 is 2.94 bits per heavy atom. The fraction of sp³-hybridized carbons (Fsp3) is 0.308. The Morgan fingerprint density at radius 2 is 2.28 bits per heavy atom. The minimum atomic E-state index is 0.604. The lowest BCUT2D eigenvalue weighted by atomic mass is 10.2. The van der Waals surface area contributed by atoms with Gasteiger partial charge in [0.2, 0.25) is 0 Å². The number of halogens is 2. The summed E-state index contributed by atoms with van der Waals surface area (Å²) in [5, 5.41) is 1.45. The molecule has 0 fully saturated rings. The van der Waals surface area contributed by atoms with E-state index in [0.29, 0.717) is 6.61 Å². The van der Waals surface area contributed by atoms with Crippen LogP contribution in [0.1, 0.15) is 11.4 Å². The predicted octanol–water partition coefficient (Wildman–Crippen LogP) is 3.59. The Morgan fingerprint density at radius 1 is 1.44 bits per heavy atom. The molecule has 1 aromatic heterocycles. The van der Waals surface area contributed by atoms with E-state index < -0.39 is 0 Å². The third-order valence-electron chi connectivity index (χ3n) is 2.67. The zero-order chi connectivity index (χ0) is 13.0. The first-order valence-electron chi connectivity index (χ1n) is 5.64. The van der Waals surface area contributed by atoms with Crippen LogP contribution in [0.3, 0.4) is 0 Å². The molecule has 1 aromatic carbocycles. The fourth-order valence-electron chi connectivity index (χ4n) is 1.68. The number of nitrogens with zero attached hydrogens (tertiary/aromatic N) is 2. The highest BCUT2D eigenvalue weighted by molar-refractivity contribution is 9.08. The summed E-state index contributed by atoms with van der Waals surface area (Å²) in [6, 6.07) is 5.65. The number of imidazole rings is 1. The summed E-state index contributed by atoms with van der Waals surface area (Å²) < 4.78 is 7.77. The lowest BCUT2D eigenvalue weighted by molar-refractivity contribution is 0.315. The Balaban J connectivity index is 1.96. The van der Waals surface area contributed by atoms with Crippen molar-refractivity contribution in [3.05, 3.63) is 47.0 Å². The molecule has 0 bridgehead atoms. The summed E-state index contributed by atoms with van der Waals surface area (Å²) in [5.74, 6) is 1.88. The second-order valence-electron chi connectivity index (χ2n) is 3.94. The molecule has 0 saturated carbocycles. The van der Waals surface area contributed by atoms with E-state index in [1.165, 1.54) is 0 Å². The van der Waals surface area contributed by atoms with Crippen LogP contribution in [0.25, 0.3) is 0 Å². The zero-order valence-corrected chi connectivity index (χ0v) is 12.4. The first-order chi connectivity index (χ1) is 8.70. The van der Waals surface area contributed by atoms with E-state index in [9.17, 15) is 0 Å². The molecule has 0 atom stereocenters. The second kappa shape index (κ2) is 6.25. The lowest BCUT2D eigenvalue weighted by Gasteiger charge is -2.10. The summed E-state index contributed by atoms with van der Waals surface area (Å²) in [4.78, 5) is 4.26. The fourth-order valence-corrected chi connectivity index (χ4v) is 2.32. The number of hydrogen-bond acceptors (Lipinski definition) is 2. The van der Waals surface area contributed by atoms with E-state index in [1.807, 2.05) is 36.0 Å². The first-order valence-corrected chi connectivity index (χ1v) is 7.14. The molecule has 5 heteroatoms. The van der Waals surface area contributed by atoms with Crippen LogP contribution in [-0.2, 0) is 18.8 Å². The van der Waals surface area contributed by atoms with Gasteiger partial charge in [-0.05, 0) is 18.2 Å². The Kier molecular flexibility index (Phi) is 4.66. The summed E-state index contributed by atoms with van der Waals surface area (Å²) >= 11 is 9.37. The number of rotatable bonds is 5. The van der Waals surface area contributed by atoms with Gasteiger partial charge in [-0.3, -0.25) is 0 Å². The van der Waals surface area contributed by atoms with E-state index in [-0.39, 0.29) is 0 Å². The van der Waals surface area contributed by atoms with Crippen LogP contribution >= 0.6 is 27.5 Å². The molecular weight excluding hydrogens is 316 g/mol. The zero-order valence-electron chi connectivity index (χ0n) is 10.1. The average molecular weight is 330 g/mol. The summed E-state index contributed by atoms with van der Waals surface area (Å²) in [6.07, 6.45) is 4.51. The smallest absolute Gasteiger partial charge is 0.123 e. The van der Waals surface area contributed by atoms with Crippen molar-refractivity contribution in [2.24, 2.45) is 7.05 Å². The van der Waals surface area contributed by atoms with E-state index in [1.54, 1.807) is 6.20 Å². The molecule has 2 aromatic rings. The van der Waals surface area contributed by atoms with Gasteiger partial charge in [0, 0.05) is 41.8 Å². The molecule has 2 rings (SSSR count).